The van der Waals surface area contributed by atoms with E-state index >= 15 is 0 Å². The number of nitrogens with one attached hydrogen (secondary N) is 3. The zero-order valence-electron chi connectivity index (χ0n) is 16.8. The zero-order valence-corrected chi connectivity index (χ0v) is 16.8. The normalized spacial score (nSPS) is 13.9. The van der Waals surface area contributed by atoms with Crippen LogP contribution in [0.25, 0.3) is 16.7 Å². The standard InChI is InChI=1S/C20H25N7O2/c1-20(2,3)29-19(28)26-25-17-16-11-24-27(18(16)23-12-22-17)15-6-4-5-14(9-15)21-10-13-7-8-13/h4-6,9,11-13,21H,7-8,10H2,1-3H3,(H,26,28)(H,22,23,25). The highest BCUT2D eigenvalue weighted by atomic mass is 16.6. The third-order valence-electron chi connectivity index (χ3n) is 4.43. The first-order chi connectivity index (χ1) is 13.9. The summed E-state index contributed by atoms with van der Waals surface area (Å²) in [5.41, 5.74) is 7.27. The van der Waals surface area contributed by atoms with Crippen molar-refractivity contribution in [2.75, 3.05) is 17.3 Å². The number of carbonyl (C=O) groups is 1. The number of fused-ring (bicyclic) bond motifs is 1. The van der Waals surface area contributed by atoms with Gasteiger partial charge >= 0.3 is 6.09 Å². The van der Waals surface area contributed by atoms with Gasteiger partial charge in [-0.15, -0.1) is 0 Å². The van der Waals surface area contributed by atoms with Crippen molar-refractivity contribution in [1.82, 2.24) is 25.2 Å². The van der Waals surface area contributed by atoms with Crippen LogP contribution in [-0.4, -0.2) is 38.0 Å². The van der Waals surface area contributed by atoms with Crippen LogP contribution in [0, 0.1) is 5.92 Å². The number of anilines is 2. The highest BCUT2D eigenvalue weighted by Crippen LogP contribution is 2.29. The van der Waals surface area contributed by atoms with Gasteiger partial charge in [0.2, 0.25) is 0 Å². The lowest BCUT2D eigenvalue weighted by atomic mass is 10.2. The second kappa shape index (κ2) is 7.57. The highest BCUT2D eigenvalue weighted by Gasteiger charge is 2.20. The fourth-order valence-corrected chi connectivity index (χ4v) is 2.88. The molecule has 1 aliphatic rings. The Morgan fingerprint density at radius 2 is 2.10 bits per heavy atom. The van der Waals surface area contributed by atoms with Gasteiger partial charge < -0.3 is 10.1 Å². The van der Waals surface area contributed by atoms with Crippen molar-refractivity contribution in [3.8, 4) is 5.69 Å². The molecule has 3 N–H and O–H groups in total. The van der Waals surface area contributed by atoms with E-state index in [1.807, 2.05) is 24.3 Å². The molecule has 3 aromatic rings. The molecule has 4 rings (SSSR count). The van der Waals surface area contributed by atoms with Crippen molar-refractivity contribution in [3.05, 3.63) is 36.8 Å². The van der Waals surface area contributed by atoms with E-state index in [-0.39, 0.29) is 0 Å². The maximum atomic E-state index is 11.9. The first kappa shape index (κ1) is 19.0. The SMILES string of the molecule is CC(C)(C)OC(=O)NNc1ncnc2c1cnn2-c1cccc(NCC2CC2)c1. The molecule has 9 nitrogen and oxygen atoms in total. The molecule has 29 heavy (non-hydrogen) atoms. The van der Waals surface area contributed by atoms with Crippen LogP contribution in [-0.2, 0) is 4.74 Å². The second-order valence-electron chi connectivity index (χ2n) is 8.14. The van der Waals surface area contributed by atoms with Gasteiger partial charge in [-0.1, -0.05) is 6.07 Å². The number of hydrogen-bond donors (Lipinski definition) is 3. The molecule has 0 unspecified atom stereocenters. The van der Waals surface area contributed by atoms with E-state index < -0.39 is 11.7 Å². The predicted molar refractivity (Wildman–Crippen MR) is 111 cm³/mol. The van der Waals surface area contributed by atoms with Gasteiger partial charge in [0.25, 0.3) is 0 Å². The van der Waals surface area contributed by atoms with E-state index in [0.29, 0.717) is 16.9 Å². The molecule has 0 radical (unpaired) electrons. The van der Waals surface area contributed by atoms with Gasteiger partial charge in [-0.25, -0.2) is 24.9 Å². The minimum atomic E-state index is -0.592. The quantitative estimate of drug-likeness (QED) is 0.549. The van der Waals surface area contributed by atoms with Crippen LogP contribution in [0.15, 0.2) is 36.8 Å². The summed E-state index contributed by atoms with van der Waals surface area (Å²) in [6.07, 6.45) is 5.11. The van der Waals surface area contributed by atoms with Gasteiger partial charge in [-0.2, -0.15) is 5.10 Å². The van der Waals surface area contributed by atoms with Gasteiger partial charge in [0.05, 0.1) is 17.3 Å². The largest absolute Gasteiger partial charge is 0.443 e. The molecule has 1 fully saturated rings. The Labute approximate surface area is 168 Å². The summed E-state index contributed by atoms with van der Waals surface area (Å²) in [6, 6.07) is 8.05. The smallest absolute Gasteiger partial charge is 0.426 e. The number of carbonyl (C=O) groups excluding carboxylic acids is 1. The van der Waals surface area contributed by atoms with E-state index in [2.05, 4.69) is 31.2 Å². The maximum absolute atomic E-state index is 11.9. The van der Waals surface area contributed by atoms with Crippen molar-refractivity contribution in [2.24, 2.45) is 5.92 Å². The van der Waals surface area contributed by atoms with E-state index in [9.17, 15) is 4.79 Å². The van der Waals surface area contributed by atoms with Gasteiger partial charge in [-0.05, 0) is 57.7 Å². The molecule has 0 saturated heterocycles. The Balaban J connectivity index is 1.53. The molecular formula is C20H25N7O2. The van der Waals surface area contributed by atoms with Crippen LogP contribution < -0.4 is 16.2 Å². The van der Waals surface area contributed by atoms with Gasteiger partial charge in [-0.3, -0.25) is 5.43 Å². The molecular weight excluding hydrogens is 370 g/mol. The number of benzene rings is 1. The summed E-state index contributed by atoms with van der Waals surface area (Å²) in [7, 11) is 0. The topological polar surface area (TPSA) is 106 Å². The van der Waals surface area contributed by atoms with Crippen LogP contribution in [0.2, 0.25) is 0 Å². The van der Waals surface area contributed by atoms with Crippen molar-refractivity contribution in [3.63, 3.8) is 0 Å². The lowest BCUT2D eigenvalue weighted by Gasteiger charge is -2.19. The minimum Gasteiger partial charge on any atom is -0.443 e. The second-order valence-corrected chi connectivity index (χ2v) is 8.14. The molecule has 152 valence electrons. The summed E-state index contributed by atoms with van der Waals surface area (Å²) in [5, 5.41) is 8.62. The zero-order chi connectivity index (χ0) is 20.4. The molecule has 1 aromatic carbocycles. The lowest BCUT2D eigenvalue weighted by molar-refractivity contribution is 0.0541. The van der Waals surface area contributed by atoms with E-state index in [1.54, 1.807) is 31.6 Å². The summed E-state index contributed by atoms with van der Waals surface area (Å²) < 4.78 is 6.97. The number of hydrazine groups is 1. The van der Waals surface area contributed by atoms with Crippen molar-refractivity contribution in [2.45, 2.75) is 39.2 Å². The summed E-state index contributed by atoms with van der Waals surface area (Å²) >= 11 is 0. The Bertz CT molecular complexity index is 1020. The van der Waals surface area contributed by atoms with Crippen LogP contribution >= 0.6 is 0 Å². The minimum absolute atomic E-state index is 0.440. The molecule has 0 atom stereocenters. The Hall–Kier alpha value is -3.36. The molecule has 9 heteroatoms. The Morgan fingerprint density at radius 1 is 1.28 bits per heavy atom. The van der Waals surface area contributed by atoms with E-state index in [4.69, 9.17) is 4.74 Å². The molecule has 1 saturated carbocycles. The maximum Gasteiger partial charge on any atom is 0.426 e. The molecule has 2 heterocycles. The number of amides is 1. The fourth-order valence-electron chi connectivity index (χ4n) is 2.88. The molecule has 0 spiro atoms. The van der Waals surface area contributed by atoms with Gasteiger partial charge in [0.1, 0.15) is 11.9 Å². The monoisotopic (exact) mass is 395 g/mol. The average molecular weight is 395 g/mol. The van der Waals surface area contributed by atoms with E-state index in [0.717, 1.165) is 23.8 Å². The van der Waals surface area contributed by atoms with Crippen LogP contribution in [0.3, 0.4) is 0 Å². The van der Waals surface area contributed by atoms with Crippen molar-refractivity contribution in [1.29, 1.82) is 0 Å². The third kappa shape index (κ3) is 4.74. The summed E-state index contributed by atoms with van der Waals surface area (Å²) in [5.74, 6) is 1.23. The van der Waals surface area contributed by atoms with Crippen LogP contribution in [0.5, 0.6) is 0 Å². The van der Waals surface area contributed by atoms with Gasteiger partial charge in [0, 0.05) is 12.2 Å². The van der Waals surface area contributed by atoms with Crippen LogP contribution in [0.1, 0.15) is 33.6 Å². The highest BCUT2D eigenvalue weighted by molar-refractivity contribution is 5.87. The Morgan fingerprint density at radius 3 is 2.86 bits per heavy atom. The molecule has 0 aliphatic heterocycles. The number of ether oxygens (including phenoxy) is 1. The third-order valence-corrected chi connectivity index (χ3v) is 4.43. The van der Waals surface area contributed by atoms with Gasteiger partial charge in [0.15, 0.2) is 11.5 Å². The Kier molecular flexibility index (Phi) is 4.96. The van der Waals surface area contributed by atoms with Crippen LogP contribution in [0.4, 0.5) is 16.3 Å². The lowest BCUT2D eigenvalue weighted by Crippen LogP contribution is -2.36. The van der Waals surface area contributed by atoms with Crippen molar-refractivity contribution >= 4 is 28.6 Å². The number of rotatable bonds is 6. The summed E-state index contributed by atoms with van der Waals surface area (Å²) in [6.45, 7) is 6.39. The van der Waals surface area contributed by atoms with Crippen molar-refractivity contribution < 1.29 is 9.53 Å². The first-order valence-corrected chi connectivity index (χ1v) is 9.67. The number of aromatic nitrogens is 4. The molecule has 1 aliphatic carbocycles. The number of hydrogen-bond acceptors (Lipinski definition) is 7. The molecule has 1 amide bonds. The van der Waals surface area contributed by atoms with E-state index in [1.165, 1.54) is 19.2 Å². The average Bonchev–Trinajstić information content (AvgIpc) is 3.40. The summed E-state index contributed by atoms with van der Waals surface area (Å²) in [4.78, 5) is 20.4. The first-order valence-electron chi connectivity index (χ1n) is 9.67. The fraction of sp³-hybridized carbons (Fsp3) is 0.400. The number of nitrogens with zero attached hydrogens (tertiary/aromatic N) is 4. The predicted octanol–water partition coefficient (Wildman–Crippen LogP) is 3.49. The molecule has 0 bridgehead atoms. The molecule has 2 aromatic heterocycles.